The first kappa shape index (κ1) is 6.06. The predicted molar refractivity (Wildman–Crippen MR) is 43.2 cm³/mol. The Kier molecular flexibility index (Phi) is 0.822. The van der Waals surface area contributed by atoms with Crippen LogP contribution in [0, 0.1) is 0 Å². The lowest BCUT2D eigenvalue weighted by Crippen LogP contribution is -2.17. The van der Waals surface area contributed by atoms with E-state index in [-0.39, 0.29) is 5.91 Å². The normalized spacial score (nSPS) is 16.4. The number of amides is 1. The van der Waals surface area contributed by atoms with Crippen LogP contribution in [0.25, 0.3) is 11.2 Å². The number of carbonyl (C=O) groups is 1. The predicted octanol–water partition coefficient (Wildman–Crippen LogP) is 1.46. The summed E-state index contributed by atoms with van der Waals surface area (Å²) in [6.45, 7) is 0.692. The largest absolute Gasteiger partial charge is 0.456 e. The van der Waals surface area contributed by atoms with E-state index in [0.717, 1.165) is 22.3 Å². The summed E-state index contributed by atoms with van der Waals surface area (Å²) in [7, 11) is 1.81. The molecule has 12 heavy (non-hydrogen) atoms. The van der Waals surface area contributed by atoms with Crippen molar-refractivity contribution in [2.24, 2.45) is 0 Å². The van der Waals surface area contributed by atoms with Crippen LogP contribution in [0.5, 0.6) is 0 Å². The third kappa shape index (κ3) is 0.480. The number of rotatable bonds is 0. The summed E-state index contributed by atoms with van der Waals surface area (Å²) in [6, 6.07) is 3.77. The monoisotopic (exact) mass is 161 g/mol. The zero-order valence-electron chi connectivity index (χ0n) is 6.63. The average Bonchev–Trinajstić information content (AvgIpc) is 2.66. The van der Waals surface area contributed by atoms with Gasteiger partial charge in [0.15, 0.2) is 0 Å². The van der Waals surface area contributed by atoms with Crippen LogP contribution in [-0.4, -0.2) is 17.9 Å². The third-order valence-electron chi connectivity index (χ3n) is 2.41. The van der Waals surface area contributed by atoms with Crippen molar-refractivity contribution in [2.45, 2.75) is 6.54 Å². The Morgan fingerprint density at radius 1 is 1.42 bits per heavy atom. The lowest BCUT2D eigenvalue weighted by molar-refractivity contribution is 0.0816. The van der Waals surface area contributed by atoms with Crippen molar-refractivity contribution >= 4 is 17.1 Å². The minimum atomic E-state index is 0.0827. The number of furan rings is 2. The number of hydrogen-bond donors (Lipinski definition) is 0. The van der Waals surface area contributed by atoms with E-state index in [2.05, 4.69) is 0 Å². The van der Waals surface area contributed by atoms with Crippen molar-refractivity contribution in [3.63, 3.8) is 0 Å². The summed E-state index contributed by atoms with van der Waals surface area (Å²) >= 11 is 0. The topological polar surface area (TPSA) is 33.5 Å². The van der Waals surface area contributed by atoms with E-state index in [4.69, 9.17) is 4.42 Å². The fourth-order valence-corrected chi connectivity index (χ4v) is 1.80. The van der Waals surface area contributed by atoms with Crippen molar-refractivity contribution in [1.82, 2.24) is 4.90 Å². The Hall–Kier alpha value is -1.51. The summed E-state index contributed by atoms with van der Waals surface area (Å²) in [6.07, 6.45) is 0. The summed E-state index contributed by atoms with van der Waals surface area (Å²) in [5.74, 6) is 0.0827. The molecule has 1 amide bonds. The van der Waals surface area contributed by atoms with Gasteiger partial charge in [-0.15, -0.1) is 0 Å². The summed E-state index contributed by atoms with van der Waals surface area (Å²) in [5, 5.41) is 0. The number of hydrogen-bond acceptors (Lipinski definition) is 2. The van der Waals surface area contributed by atoms with E-state index >= 15 is 0 Å². The zero-order chi connectivity index (χ0) is 8.29. The molecule has 1 aliphatic rings. The molecule has 2 aromatic heterocycles. The maximum absolute atomic E-state index is 11.5. The van der Waals surface area contributed by atoms with Crippen LogP contribution in [-0.2, 0) is 6.54 Å². The molecule has 0 saturated heterocycles. The van der Waals surface area contributed by atoms with Crippen LogP contribution in [0.15, 0.2) is 16.5 Å². The van der Waals surface area contributed by atoms with Crippen LogP contribution < -0.4 is 0 Å². The molecule has 60 valence electrons. The second-order valence-corrected chi connectivity index (χ2v) is 3.18. The fourth-order valence-electron chi connectivity index (χ4n) is 1.80. The van der Waals surface area contributed by atoms with E-state index < -0.39 is 0 Å². The van der Waals surface area contributed by atoms with Crippen molar-refractivity contribution in [1.29, 1.82) is 0 Å². The van der Waals surface area contributed by atoms with Crippen molar-refractivity contribution in [3.05, 3.63) is 23.3 Å². The molecule has 3 rings (SSSR count). The smallest absolute Gasteiger partial charge is 0.258 e. The molecular weight excluding hydrogens is 154 g/mol. The highest BCUT2D eigenvalue weighted by molar-refractivity contribution is 6.07. The molecule has 0 aromatic carbocycles. The zero-order valence-corrected chi connectivity index (χ0v) is 6.63. The molecule has 0 radical (unpaired) electrons. The van der Waals surface area contributed by atoms with Gasteiger partial charge in [0.1, 0.15) is 11.2 Å². The van der Waals surface area contributed by atoms with Gasteiger partial charge in [0.05, 0.1) is 12.1 Å². The molecule has 2 bridgehead atoms. The maximum Gasteiger partial charge on any atom is 0.258 e. The van der Waals surface area contributed by atoms with Gasteiger partial charge in [0, 0.05) is 12.6 Å². The van der Waals surface area contributed by atoms with Gasteiger partial charge in [-0.1, -0.05) is 0 Å². The van der Waals surface area contributed by atoms with Crippen LogP contribution >= 0.6 is 0 Å². The second kappa shape index (κ2) is 1.63. The van der Waals surface area contributed by atoms with E-state index in [1.54, 1.807) is 11.9 Å². The molecule has 0 fully saturated rings. The van der Waals surface area contributed by atoms with Crippen molar-refractivity contribution in [2.75, 3.05) is 7.05 Å². The molecule has 1 aliphatic heterocycles. The lowest BCUT2D eigenvalue weighted by atomic mass is 10.1. The molecule has 0 spiro atoms. The maximum atomic E-state index is 11.5. The first-order chi connectivity index (χ1) is 5.77. The molecule has 0 unspecified atom stereocenters. The van der Waals surface area contributed by atoms with Gasteiger partial charge in [-0.25, -0.2) is 0 Å². The first-order valence-corrected chi connectivity index (χ1v) is 3.86. The number of nitrogens with zero attached hydrogens (tertiary/aromatic N) is 1. The molecule has 3 nitrogen and oxygen atoms in total. The van der Waals surface area contributed by atoms with Gasteiger partial charge in [-0.05, 0) is 12.1 Å². The number of carbonyl (C=O) groups excluding carboxylic acids is 1. The summed E-state index contributed by atoms with van der Waals surface area (Å²) < 4.78 is 5.36. The quantitative estimate of drug-likeness (QED) is 0.586. The first-order valence-electron chi connectivity index (χ1n) is 3.86. The van der Waals surface area contributed by atoms with Gasteiger partial charge in [-0.2, -0.15) is 0 Å². The Labute approximate surface area is 68.9 Å². The van der Waals surface area contributed by atoms with E-state index in [1.807, 2.05) is 12.1 Å². The Balaban J connectivity index is 2.40. The second-order valence-electron chi connectivity index (χ2n) is 3.18. The Morgan fingerprint density at radius 2 is 2.17 bits per heavy atom. The average molecular weight is 161 g/mol. The summed E-state index contributed by atoms with van der Waals surface area (Å²) in [4.78, 5) is 13.2. The van der Waals surface area contributed by atoms with Crippen LogP contribution in [0.1, 0.15) is 15.9 Å². The lowest BCUT2D eigenvalue weighted by Gasteiger charge is -2.05. The minimum Gasteiger partial charge on any atom is -0.456 e. The molecular formula is C9H7NO2. The number of fused-ring (bicyclic) bond motifs is 5. The molecule has 3 heteroatoms. The molecule has 0 aliphatic carbocycles. The van der Waals surface area contributed by atoms with E-state index in [1.165, 1.54) is 0 Å². The highest BCUT2D eigenvalue weighted by Gasteiger charge is 2.31. The highest BCUT2D eigenvalue weighted by Crippen LogP contribution is 2.34. The number of benzene rings is 1. The molecule has 0 atom stereocenters. The van der Waals surface area contributed by atoms with Gasteiger partial charge < -0.3 is 9.32 Å². The molecule has 0 saturated carbocycles. The van der Waals surface area contributed by atoms with Crippen molar-refractivity contribution < 1.29 is 9.21 Å². The van der Waals surface area contributed by atoms with Crippen molar-refractivity contribution in [3.8, 4) is 0 Å². The SMILES string of the molecule is CN1Cc2c(c3ccc2o3)C1=O. The van der Waals surface area contributed by atoms with Crippen LogP contribution in [0.3, 0.4) is 0 Å². The Bertz CT molecular complexity index is 457. The molecule has 3 heterocycles. The van der Waals surface area contributed by atoms with Gasteiger partial charge in [0.2, 0.25) is 0 Å². The minimum absolute atomic E-state index is 0.0827. The third-order valence-corrected chi connectivity index (χ3v) is 2.41. The van der Waals surface area contributed by atoms with Gasteiger partial charge >= 0.3 is 0 Å². The summed E-state index contributed by atoms with van der Waals surface area (Å²) in [5.41, 5.74) is 3.42. The standard InChI is InChI=1S/C9H7NO2/c1-10-4-5-6-2-3-7(12-6)8(5)9(10)11/h2-3H,4H2,1H3. The molecule has 0 N–H and O–H groups in total. The van der Waals surface area contributed by atoms with Gasteiger partial charge in [0.25, 0.3) is 5.91 Å². The van der Waals surface area contributed by atoms with Crippen LogP contribution in [0.2, 0.25) is 0 Å². The van der Waals surface area contributed by atoms with Crippen LogP contribution in [0.4, 0.5) is 0 Å². The highest BCUT2D eigenvalue weighted by atomic mass is 16.3. The van der Waals surface area contributed by atoms with Gasteiger partial charge in [-0.3, -0.25) is 4.79 Å². The fraction of sp³-hybridized carbons (Fsp3) is 0.222. The van der Waals surface area contributed by atoms with E-state index in [0.29, 0.717) is 6.54 Å². The van der Waals surface area contributed by atoms with E-state index in [9.17, 15) is 4.79 Å². The molecule has 2 aromatic rings. The Morgan fingerprint density at radius 3 is 2.92 bits per heavy atom.